The number of hydrogen-bond acceptors (Lipinski definition) is 17. The van der Waals surface area contributed by atoms with Gasteiger partial charge in [0, 0.05) is 113 Å². The number of benzene rings is 2. The van der Waals surface area contributed by atoms with Crippen LogP contribution in [0.2, 0.25) is 0 Å². The van der Waals surface area contributed by atoms with Crippen molar-refractivity contribution in [3.05, 3.63) is 69.4 Å². The number of hydrogen-bond donors (Lipinski definition) is 7. The van der Waals surface area contributed by atoms with E-state index in [2.05, 4.69) is 66.2 Å². The predicted octanol–water partition coefficient (Wildman–Crippen LogP) is 4.48. The van der Waals surface area contributed by atoms with Gasteiger partial charge in [-0.2, -0.15) is 10.4 Å². The molecule has 91 heavy (non-hydrogen) atoms. The lowest BCUT2D eigenvalue weighted by Gasteiger charge is -2.33. The predicted molar refractivity (Wildman–Crippen MR) is 343 cm³/mol. The second-order valence-corrected chi connectivity index (χ2v) is 24.8. The summed E-state index contributed by atoms with van der Waals surface area (Å²) in [7, 11) is 0. The quantitative estimate of drug-likeness (QED) is 0.0142. The number of nitrogens with zero attached hydrogens (tertiary/aromatic N) is 9. The molecule has 5 amide bonds. The van der Waals surface area contributed by atoms with E-state index in [0.717, 1.165) is 66.3 Å². The van der Waals surface area contributed by atoms with Crippen LogP contribution in [0, 0.1) is 20.8 Å². The van der Waals surface area contributed by atoms with E-state index >= 15 is 0 Å². The number of carbonyl (C=O) groups excluding carboxylic acids is 5. The van der Waals surface area contributed by atoms with E-state index in [1.54, 1.807) is 45.2 Å². The third kappa shape index (κ3) is 27.3. The number of halogens is 3. The smallest absolute Gasteiger partial charge is 0.317 e. The minimum Gasteiger partial charge on any atom is -0.494 e. The highest BCUT2D eigenvalue weighted by Crippen LogP contribution is 2.32. The number of carbonyl (C=O) groups is 8. The molecule has 3 fully saturated rings. The van der Waals surface area contributed by atoms with Gasteiger partial charge in [0.2, 0.25) is 23.6 Å². The number of piperidine rings is 1. The first-order chi connectivity index (χ1) is 43.7. The van der Waals surface area contributed by atoms with Crippen molar-refractivity contribution in [2.24, 2.45) is 11.0 Å². The van der Waals surface area contributed by atoms with E-state index < -0.39 is 67.4 Å². The van der Waals surface area contributed by atoms with E-state index in [4.69, 9.17) is 4.74 Å². The molecule has 0 aliphatic carbocycles. The van der Waals surface area contributed by atoms with Crippen molar-refractivity contribution in [3.8, 4) is 11.8 Å². The number of aliphatic carboxylic acids is 3. The third-order valence-corrected chi connectivity index (χ3v) is 17.1. The maximum atomic E-state index is 13.9. The van der Waals surface area contributed by atoms with Crippen LogP contribution >= 0.6 is 22.6 Å². The lowest BCUT2D eigenvalue weighted by atomic mass is 9.92. The first-order valence-electron chi connectivity index (χ1n) is 31.5. The zero-order valence-corrected chi connectivity index (χ0v) is 53.9. The van der Waals surface area contributed by atoms with Gasteiger partial charge < -0.3 is 45.8 Å². The summed E-state index contributed by atoms with van der Waals surface area (Å²) in [6.07, 6.45) is 12.5. The molecule has 0 spiro atoms. The average Bonchev–Trinajstić information content (AvgIpc) is 3.12. The first kappa shape index (κ1) is 72.9. The van der Waals surface area contributed by atoms with Gasteiger partial charge in [-0.25, -0.2) is 8.78 Å². The van der Waals surface area contributed by atoms with Crippen molar-refractivity contribution in [1.82, 2.24) is 55.8 Å². The number of pyridine rings is 1. The molecule has 1 unspecified atom stereocenters. The molecular weight excluding hydrogens is 1300 g/mol. The summed E-state index contributed by atoms with van der Waals surface area (Å²) in [5.74, 6) is -6.93. The van der Waals surface area contributed by atoms with Gasteiger partial charge in [-0.05, 0) is 148 Å². The standard InChI is InChI=1S/C63H88F2IN13O12/c64-63(65)38-49(39-67)79(45-63)58(83)40-70-62(90)51-20-25-68-53-19-18-50(37-52(51)53)91-36-8-10-47-21-26-78(27-22-47)57(82)13-3-1-2-5-24-71-73-54(11-4-6-23-69-55(80)12-7-9-46-14-16-48(66)17-15-46)72-56(81)41-74-28-30-75(42-59(84)85)32-34-77(44-61(88)89)35-33-76(31-29-74)43-60(86)87/h14-20,24-25,37,47,49,54,73H,1-13,21-23,26-36,38,40-45H2,(H,69,80)(H,70,90)(H,72,81)(H,84,85)(H,86,87)(H,88,89)/b71-24+/t49-,54?/m1/s1. The van der Waals surface area contributed by atoms with Gasteiger partial charge in [0.1, 0.15) is 18.0 Å². The second kappa shape index (κ2) is 38.6. The fourth-order valence-corrected chi connectivity index (χ4v) is 11.7. The number of rotatable bonds is 34. The van der Waals surface area contributed by atoms with Crippen LogP contribution in [-0.2, 0) is 40.0 Å². The first-order valence-corrected chi connectivity index (χ1v) is 32.6. The minimum absolute atomic E-state index is 0.0243. The molecule has 2 aromatic carbocycles. The second-order valence-electron chi connectivity index (χ2n) is 23.5. The number of fused-ring (bicyclic) bond motifs is 1. The number of unbranched alkanes of at least 4 members (excludes halogenated alkanes) is 4. The molecule has 3 saturated heterocycles. The topological polar surface area (TPSA) is 323 Å². The van der Waals surface area contributed by atoms with E-state index in [1.165, 1.54) is 17.8 Å². The third-order valence-electron chi connectivity index (χ3n) is 16.4. The van der Waals surface area contributed by atoms with Gasteiger partial charge in [-0.3, -0.25) is 68.4 Å². The number of likely N-dealkylation sites (tertiary alicyclic amines) is 2. The average molecular weight is 1380 g/mol. The molecule has 1 aromatic heterocycles. The van der Waals surface area contributed by atoms with Gasteiger partial charge in [0.05, 0.1) is 63.0 Å². The summed E-state index contributed by atoms with van der Waals surface area (Å²) in [5, 5.41) is 51.6. The van der Waals surface area contributed by atoms with Crippen molar-refractivity contribution < 1.29 is 67.2 Å². The van der Waals surface area contributed by atoms with Crippen molar-refractivity contribution in [2.45, 2.75) is 121 Å². The van der Waals surface area contributed by atoms with Crippen LogP contribution in [0.25, 0.3) is 10.9 Å². The molecule has 6 rings (SSSR count). The Labute approximate surface area is 543 Å². The number of ether oxygens (including phenoxy) is 1. The molecule has 3 aliphatic heterocycles. The molecule has 7 N–H and O–H groups in total. The largest absolute Gasteiger partial charge is 0.494 e. The molecule has 3 aromatic rings. The van der Waals surface area contributed by atoms with Crippen molar-refractivity contribution in [1.29, 1.82) is 5.26 Å². The Morgan fingerprint density at radius 3 is 2.00 bits per heavy atom. The Morgan fingerprint density at radius 1 is 0.736 bits per heavy atom. The number of hydrazone groups is 1. The number of aromatic nitrogens is 1. The molecule has 4 heterocycles. The van der Waals surface area contributed by atoms with Crippen LogP contribution in [0.3, 0.4) is 0 Å². The molecule has 2 atom stereocenters. The van der Waals surface area contributed by atoms with Crippen molar-refractivity contribution >= 4 is 87.2 Å². The minimum atomic E-state index is -3.17. The Bertz CT molecular complexity index is 2920. The molecule has 498 valence electrons. The number of carboxylic acids is 3. The fraction of sp³-hybridized carbons (Fsp3) is 0.603. The summed E-state index contributed by atoms with van der Waals surface area (Å²) in [6, 6.07) is 15.4. The fourth-order valence-electron chi connectivity index (χ4n) is 11.3. The highest BCUT2D eigenvalue weighted by Gasteiger charge is 2.47. The number of carboxylic acid groups (broad SMARTS) is 3. The maximum Gasteiger partial charge on any atom is 0.317 e. The van der Waals surface area contributed by atoms with Gasteiger partial charge in [0.15, 0.2) is 0 Å². The molecule has 0 bridgehead atoms. The Morgan fingerprint density at radius 2 is 1.37 bits per heavy atom. The number of amides is 5. The summed E-state index contributed by atoms with van der Waals surface area (Å²) < 4.78 is 35.0. The molecule has 28 heteroatoms. The maximum absolute atomic E-state index is 13.9. The van der Waals surface area contributed by atoms with Crippen LogP contribution in [0.4, 0.5) is 8.78 Å². The molecule has 0 radical (unpaired) electrons. The lowest BCUT2D eigenvalue weighted by Crippen LogP contribution is -2.51. The van der Waals surface area contributed by atoms with Gasteiger partial charge in [-0.1, -0.05) is 18.6 Å². The molecule has 0 saturated carbocycles. The van der Waals surface area contributed by atoms with Crippen LogP contribution in [-0.4, -0.2) is 239 Å². The normalized spacial score (nSPS) is 17.8. The van der Waals surface area contributed by atoms with Gasteiger partial charge in [0.25, 0.3) is 11.8 Å². The van der Waals surface area contributed by atoms with Crippen molar-refractivity contribution in [2.75, 3.05) is 118 Å². The lowest BCUT2D eigenvalue weighted by molar-refractivity contribution is -0.140. The van der Waals surface area contributed by atoms with Gasteiger partial charge in [-0.15, -0.1) is 0 Å². The summed E-state index contributed by atoms with van der Waals surface area (Å²) in [6.45, 7) is 2.04. The van der Waals surface area contributed by atoms with E-state index in [1.807, 2.05) is 21.9 Å². The Hall–Kier alpha value is -7.20. The molecular formula is C63H88F2IN13O12. The van der Waals surface area contributed by atoms with Crippen molar-refractivity contribution in [3.63, 3.8) is 0 Å². The molecule has 3 aliphatic rings. The van der Waals surface area contributed by atoms with E-state index in [9.17, 15) is 67.7 Å². The van der Waals surface area contributed by atoms with Crippen LogP contribution in [0.15, 0.2) is 59.8 Å². The van der Waals surface area contributed by atoms with Crippen LogP contribution < -0.4 is 26.1 Å². The number of nitrogens with one attached hydrogen (secondary N) is 4. The Balaban J connectivity index is 0.906. The number of nitriles is 1. The van der Waals surface area contributed by atoms with Crippen LogP contribution in [0.1, 0.15) is 112 Å². The zero-order valence-electron chi connectivity index (χ0n) is 51.7. The highest BCUT2D eigenvalue weighted by molar-refractivity contribution is 14.1. The Kier molecular flexibility index (Phi) is 30.9. The molecule has 25 nitrogen and oxygen atoms in total. The summed E-state index contributed by atoms with van der Waals surface area (Å²) in [4.78, 5) is 115. The number of alkyl halides is 2. The monoisotopic (exact) mass is 1380 g/mol. The van der Waals surface area contributed by atoms with E-state index in [-0.39, 0.29) is 102 Å². The van der Waals surface area contributed by atoms with Crippen LogP contribution in [0.5, 0.6) is 5.75 Å². The SMILES string of the molecule is N#C[C@H]1CC(F)(F)CN1C(=O)CNC(=O)c1ccnc2ccc(OCCCC3CCN(C(=O)CCCCC/C=N/NC(CCCCNC(=O)CCCc4ccc(I)cc4)NC(=O)CN4CCN(CC(=O)O)CCN(CC(=O)O)CCN(CC(=O)O)CC4)CC3)cc12. The van der Waals surface area contributed by atoms with Gasteiger partial charge >= 0.3 is 17.9 Å². The summed E-state index contributed by atoms with van der Waals surface area (Å²) in [5.41, 5.74) is 5.03. The zero-order chi connectivity index (χ0) is 65.5. The highest BCUT2D eigenvalue weighted by atomic mass is 127. The number of aryl methyl sites for hydroxylation is 1. The summed E-state index contributed by atoms with van der Waals surface area (Å²) >= 11 is 2.26. The van der Waals surface area contributed by atoms with E-state index in [0.29, 0.717) is 87.3 Å².